The first-order valence-corrected chi connectivity index (χ1v) is 22.9. The van der Waals surface area contributed by atoms with Crippen molar-refractivity contribution in [3.05, 3.63) is 11.6 Å². The van der Waals surface area contributed by atoms with Gasteiger partial charge in [-0.2, -0.15) is 0 Å². The molecule has 0 aromatic carbocycles. The summed E-state index contributed by atoms with van der Waals surface area (Å²) in [6.07, 6.45) is -14.2. The van der Waals surface area contributed by atoms with Crippen LogP contribution in [0.4, 0.5) is 0 Å². The van der Waals surface area contributed by atoms with E-state index in [1.165, 1.54) is 6.92 Å². The van der Waals surface area contributed by atoms with Crippen molar-refractivity contribution in [2.24, 2.45) is 34.5 Å². The molecule has 0 radical (unpaired) electrons. The van der Waals surface area contributed by atoms with Gasteiger partial charge >= 0.3 is 0 Å². The highest BCUT2D eigenvalue weighted by Crippen LogP contribution is 2.73. The van der Waals surface area contributed by atoms with Crippen LogP contribution in [0.1, 0.15) is 92.4 Å². The largest absolute Gasteiger partial charge is 0.394 e. The molecule has 9 aliphatic rings. The highest BCUT2D eigenvalue weighted by molar-refractivity contribution is 5.33. The van der Waals surface area contributed by atoms with E-state index in [2.05, 4.69) is 26.8 Å². The van der Waals surface area contributed by atoms with Gasteiger partial charge in [-0.15, -0.1) is 0 Å². The van der Waals surface area contributed by atoms with Crippen molar-refractivity contribution < 1.29 is 89.0 Å². The molecule has 0 aromatic rings. The van der Waals surface area contributed by atoms with Crippen molar-refractivity contribution in [3.63, 3.8) is 0 Å². The van der Waals surface area contributed by atoms with Crippen LogP contribution in [0.15, 0.2) is 11.6 Å². The number of hydrogen-bond donors (Lipinski definition) is 10. The summed E-state index contributed by atoms with van der Waals surface area (Å²) in [7, 11) is 0. The molecule has 18 heteroatoms. The second kappa shape index (κ2) is 16.4. The topological polar surface area (TPSA) is 276 Å². The van der Waals surface area contributed by atoms with Crippen molar-refractivity contribution in [1.29, 1.82) is 0 Å². The minimum Gasteiger partial charge on any atom is -0.394 e. The molecule has 0 bridgehead atoms. The number of hydrogen-bond acceptors (Lipinski definition) is 18. The lowest BCUT2D eigenvalue weighted by atomic mass is 9.44. The number of allylic oxidation sites excluding steroid dienone is 1. The van der Waals surface area contributed by atoms with Gasteiger partial charge in [-0.1, -0.05) is 39.3 Å². The Morgan fingerprint density at radius 2 is 1.45 bits per heavy atom. The first-order chi connectivity index (χ1) is 29.2. The zero-order valence-corrected chi connectivity index (χ0v) is 36.3. The maximum atomic E-state index is 13.0. The first-order valence-electron chi connectivity index (χ1n) is 22.9. The highest BCUT2D eigenvalue weighted by atomic mass is 16.8. The average molecular weight is 887 g/mol. The van der Waals surface area contributed by atoms with Crippen LogP contribution in [0.25, 0.3) is 0 Å². The smallest absolute Gasteiger partial charge is 0.187 e. The summed E-state index contributed by atoms with van der Waals surface area (Å²) in [5, 5.41) is 111. The van der Waals surface area contributed by atoms with Gasteiger partial charge in [0.2, 0.25) is 0 Å². The standard InChI is InChI=1S/C44H70O18/c1-19-8-13-43(56-17-19)21(3)44(54)28(62-43)15-42(53)25-7-6-22-14-23(9-11-40(22,4)24(25)10-12-41(42,44)5)58-39-36(61-38-34(52)32(50)29(47)20(2)57-38)35(31(49)27(16-45)59-39)60-37-33(51)30(48)26(46)18-55-37/h6,19-21,23-39,45-54H,7-18H2,1-5H3/t19?,20-,21?,23?,24?,25?,26+,27+,28?,29+,30-,31+,32+,33+,34+,35-,36+,37-,38-,39+,40?,41?,42?,43?,44?/m0/s1. The zero-order valence-electron chi connectivity index (χ0n) is 36.3. The Kier molecular flexibility index (Phi) is 12.2. The molecule has 10 N–H and O–H groups in total. The summed E-state index contributed by atoms with van der Waals surface area (Å²) in [4.78, 5) is 0. The summed E-state index contributed by atoms with van der Waals surface area (Å²) in [6, 6.07) is 0. The van der Waals surface area contributed by atoms with E-state index in [-0.39, 0.29) is 23.2 Å². The van der Waals surface area contributed by atoms with E-state index in [9.17, 15) is 51.1 Å². The molecule has 62 heavy (non-hydrogen) atoms. The van der Waals surface area contributed by atoms with Crippen molar-refractivity contribution in [2.75, 3.05) is 19.8 Å². The Morgan fingerprint density at radius 1 is 0.726 bits per heavy atom. The van der Waals surface area contributed by atoms with Crippen LogP contribution in [0.5, 0.6) is 0 Å². The monoisotopic (exact) mass is 886 g/mol. The van der Waals surface area contributed by atoms with Gasteiger partial charge in [-0.3, -0.25) is 0 Å². The van der Waals surface area contributed by atoms with Crippen LogP contribution in [0.2, 0.25) is 0 Å². The van der Waals surface area contributed by atoms with Gasteiger partial charge in [0.1, 0.15) is 66.6 Å². The zero-order chi connectivity index (χ0) is 44.5. The van der Waals surface area contributed by atoms with Crippen LogP contribution < -0.4 is 0 Å². The molecule has 11 unspecified atom stereocenters. The van der Waals surface area contributed by atoms with Crippen molar-refractivity contribution >= 4 is 0 Å². The lowest BCUT2D eigenvalue weighted by Gasteiger charge is -2.63. The number of ether oxygens (including phenoxy) is 8. The third kappa shape index (κ3) is 6.79. The highest BCUT2D eigenvalue weighted by Gasteiger charge is 2.81. The van der Waals surface area contributed by atoms with Gasteiger partial charge in [-0.25, -0.2) is 0 Å². The van der Waals surface area contributed by atoms with Gasteiger partial charge < -0.3 is 89.0 Å². The summed E-state index contributed by atoms with van der Waals surface area (Å²) >= 11 is 0. The third-order valence-corrected chi connectivity index (χ3v) is 17.7. The maximum Gasteiger partial charge on any atom is 0.187 e. The molecule has 1 spiro atoms. The fraction of sp³-hybridized carbons (Fsp3) is 0.955. The summed E-state index contributed by atoms with van der Waals surface area (Å²) in [5.41, 5.74) is -2.40. The summed E-state index contributed by atoms with van der Waals surface area (Å²) in [5.74, 6) is -0.768. The van der Waals surface area contributed by atoms with Crippen LogP contribution >= 0.6 is 0 Å². The molecular weight excluding hydrogens is 816 g/mol. The third-order valence-electron chi connectivity index (χ3n) is 17.7. The van der Waals surface area contributed by atoms with Crippen molar-refractivity contribution in [2.45, 2.75) is 208 Å². The molecule has 5 heterocycles. The fourth-order valence-electron chi connectivity index (χ4n) is 13.6. The van der Waals surface area contributed by atoms with Gasteiger partial charge in [0.15, 0.2) is 24.7 Å². The molecule has 8 fully saturated rings. The van der Waals surface area contributed by atoms with Gasteiger partial charge in [-0.05, 0) is 75.0 Å². The molecule has 354 valence electrons. The number of rotatable bonds is 7. The molecule has 3 saturated carbocycles. The normalized spacial score (nSPS) is 58.9. The molecule has 25 atom stereocenters. The molecule has 4 aliphatic carbocycles. The van der Waals surface area contributed by atoms with Crippen molar-refractivity contribution in [3.8, 4) is 0 Å². The van der Waals surface area contributed by atoms with E-state index < -0.39 is 134 Å². The Hall–Kier alpha value is -0.980. The Balaban J connectivity index is 0.954. The minimum absolute atomic E-state index is 0.109. The molecular formula is C44H70O18. The number of aliphatic hydroxyl groups is 10. The Bertz CT molecular complexity index is 1660. The van der Waals surface area contributed by atoms with Gasteiger partial charge in [0.05, 0.1) is 43.7 Å². The fourth-order valence-corrected chi connectivity index (χ4v) is 13.6. The molecule has 18 nitrogen and oxygen atoms in total. The predicted octanol–water partition coefficient (Wildman–Crippen LogP) is -0.917. The van der Waals surface area contributed by atoms with Crippen molar-refractivity contribution in [1.82, 2.24) is 0 Å². The van der Waals surface area contributed by atoms with Crippen LogP contribution in [0, 0.1) is 34.5 Å². The van der Waals surface area contributed by atoms with E-state index in [0.29, 0.717) is 57.5 Å². The predicted molar refractivity (Wildman–Crippen MR) is 211 cm³/mol. The lowest BCUT2D eigenvalue weighted by Crippen LogP contribution is -2.67. The number of fused-ring (bicyclic) bond motifs is 7. The number of aliphatic hydroxyl groups excluding tert-OH is 8. The maximum absolute atomic E-state index is 13.0. The van der Waals surface area contributed by atoms with E-state index >= 15 is 0 Å². The SMILES string of the molecule is CC1CCC2(OC1)OC1CC3(O)C4CC=C5CC(O[C@@H]6O[C@H](CO)[C@@H](O)[C@H](O[C@@H]7OC[C@@H](O)[C@H](O)[C@H]7O)[C@H]6O[C@@H]6O[C@@H](C)[C@@H](O)[C@@H](O)[C@H]6O)CCC5(C)C4CCC3(C)C1(O)C2C. The van der Waals surface area contributed by atoms with Crippen LogP contribution in [-0.2, 0) is 37.9 Å². The van der Waals surface area contributed by atoms with E-state index in [0.717, 1.165) is 18.4 Å². The molecule has 0 aromatic heterocycles. The minimum atomic E-state index is -1.76. The summed E-state index contributed by atoms with van der Waals surface area (Å²) < 4.78 is 49.6. The second-order valence-electron chi connectivity index (χ2n) is 20.9. The lowest BCUT2D eigenvalue weighted by molar-refractivity contribution is -0.390. The Morgan fingerprint density at radius 3 is 2.16 bits per heavy atom. The summed E-state index contributed by atoms with van der Waals surface area (Å²) in [6.45, 7) is 9.48. The van der Waals surface area contributed by atoms with Crippen LogP contribution in [-0.4, -0.2) is 186 Å². The van der Waals surface area contributed by atoms with E-state index in [4.69, 9.17) is 37.9 Å². The van der Waals surface area contributed by atoms with Crippen LogP contribution in [0.3, 0.4) is 0 Å². The van der Waals surface area contributed by atoms with E-state index in [1.807, 2.05) is 6.92 Å². The molecule has 9 rings (SSSR count). The van der Waals surface area contributed by atoms with Gasteiger partial charge in [0.25, 0.3) is 0 Å². The molecule has 5 saturated heterocycles. The average Bonchev–Trinajstić information content (AvgIpc) is 3.56. The quantitative estimate of drug-likeness (QED) is 0.139. The second-order valence-corrected chi connectivity index (χ2v) is 20.9. The van der Waals surface area contributed by atoms with Gasteiger partial charge in [0, 0.05) is 24.2 Å². The Labute approximate surface area is 362 Å². The first kappa shape index (κ1) is 46.1. The molecule has 5 aliphatic heterocycles. The molecule has 0 amide bonds. The van der Waals surface area contributed by atoms with E-state index in [1.54, 1.807) is 0 Å².